The number of carbonyl (C=O) groups excluding carboxylic acids is 1. The van der Waals surface area contributed by atoms with Crippen LogP contribution in [0.4, 0.5) is 0 Å². The molecule has 1 aromatic heterocycles. The molecule has 0 saturated carbocycles. The van der Waals surface area contributed by atoms with E-state index < -0.39 is 16.1 Å². The summed E-state index contributed by atoms with van der Waals surface area (Å²) in [6.45, 7) is 3.13. The lowest BCUT2D eigenvalue weighted by Gasteiger charge is -2.34. The third-order valence-corrected chi connectivity index (χ3v) is 5.71. The number of aromatic nitrogens is 3. The fraction of sp³-hybridized carbons (Fsp3) is 0.471. The number of piperazine rings is 1. The lowest BCUT2D eigenvalue weighted by Crippen LogP contribution is -2.53. The molecule has 3 rings (SSSR count). The molecular formula is C17H23N5O4S. The van der Waals surface area contributed by atoms with Gasteiger partial charge in [0, 0.05) is 26.2 Å². The predicted octanol–water partition coefficient (Wildman–Crippen LogP) is 0.528. The van der Waals surface area contributed by atoms with Crippen molar-refractivity contribution < 1.29 is 17.9 Å². The van der Waals surface area contributed by atoms with E-state index in [1.807, 2.05) is 37.3 Å². The van der Waals surface area contributed by atoms with Crippen molar-refractivity contribution in [2.45, 2.75) is 19.4 Å². The van der Waals surface area contributed by atoms with Gasteiger partial charge in [-0.1, -0.05) is 25.1 Å². The summed E-state index contributed by atoms with van der Waals surface area (Å²) < 4.78 is 31.9. The van der Waals surface area contributed by atoms with Crippen LogP contribution in [0.5, 0.6) is 6.01 Å². The van der Waals surface area contributed by atoms with Gasteiger partial charge in [-0.3, -0.25) is 4.79 Å². The van der Waals surface area contributed by atoms with E-state index in [9.17, 15) is 13.2 Å². The van der Waals surface area contributed by atoms with Crippen molar-refractivity contribution in [3.63, 3.8) is 0 Å². The summed E-state index contributed by atoms with van der Waals surface area (Å²) in [6.07, 6.45) is 2.47. The van der Waals surface area contributed by atoms with Gasteiger partial charge in [0.15, 0.2) is 6.10 Å². The number of carbonyl (C=O) groups is 1. The number of para-hydroxylation sites is 1. The lowest BCUT2D eigenvalue weighted by atomic mass is 10.2. The second kappa shape index (κ2) is 8.05. The quantitative estimate of drug-likeness (QED) is 0.710. The lowest BCUT2D eigenvalue weighted by molar-refractivity contribution is -0.140. The molecule has 1 aromatic carbocycles. The smallest absolute Gasteiger partial charge is 0.336 e. The molecule has 1 unspecified atom stereocenters. The van der Waals surface area contributed by atoms with E-state index in [1.165, 1.54) is 16.9 Å². The Hall–Kier alpha value is -2.46. The Morgan fingerprint density at radius 2 is 1.85 bits per heavy atom. The van der Waals surface area contributed by atoms with E-state index in [4.69, 9.17) is 4.74 Å². The Bertz CT molecular complexity index is 876. The molecule has 2 heterocycles. The number of hydrogen-bond acceptors (Lipinski definition) is 6. The fourth-order valence-electron chi connectivity index (χ4n) is 2.89. The maximum atomic E-state index is 12.7. The van der Waals surface area contributed by atoms with Crippen LogP contribution in [0.15, 0.2) is 36.7 Å². The monoisotopic (exact) mass is 393 g/mol. The van der Waals surface area contributed by atoms with Gasteiger partial charge in [0.25, 0.3) is 5.91 Å². The topological polar surface area (TPSA) is 97.6 Å². The Kier molecular flexibility index (Phi) is 5.76. The third-order valence-electron chi connectivity index (χ3n) is 4.40. The van der Waals surface area contributed by atoms with Crippen molar-refractivity contribution in [2.75, 3.05) is 32.4 Å². The van der Waals surface area contributed by atoms with Gasteiger partial charge in [-0.15, -0.1) is 5.10 Å². The third kappa shape index (κ3) is 4.64. The first kappa shape index (κ1) is 19.3. The van der Waals surface area contributed by atoms with Crippen molar-refractivity contribution in [2.24, 2.45) is 0 Å². The van der Waals surface area contributed by atoms with Gasteiger partial charge in [-0.25, -0.2) is 13.1 Å². The zero-order chi connectivity index (χ0) is 19.4. The van der Waals surface area contributed by atoms with Crippen LogP contribution in [-0.2, 0) is 14.8 Å². The largest absolute Gasteiger partial charge is 0.449 e. The molecule has 146 valence electrons. The SMILES string of the molecule is CCC(Oc1ncn(-c2ccccc2)n1)C(=O)N1CCN(S(C)(=O)=O)CC1. The van der Waals surface area contributed by atoms with Crippen LogP contribution in [0.25, 0.3) is 5.69 Å². The number of sulfonamides is 1. The van der Waals surface area contributed by atoms with Crippen molar-refractivity contribution >= 4 is 15.9 Å². The highest BCUT2D eigenvalue weighted by atomic mass is 32.2. The van der Waals surface area contributed by atoms with E-state index in [0.29, 0.717) is 32.6 Å². The fourth-order valence-corrected chi connectivity index (χ4v) is 3.71. The van der Waals surface area contributed by atoms with Crippen LogP contribution in [0.3, 0.4) is 0 Å². The molecule has 2 aromatic rings. The van der Waals surface area contributed by atoms with Crippen molar-refractivity contribution in [3.8, 4) is 11.7 Å². The summed E-state index contributed by atoms with van der Waals surface area (Å²) in [6, 6.07) is 9.61. The van der Waals surface area contributed by atoms with E-state index in [0.717, 1.165) is 5.69 Å². The molecular weight excluding hydrogens is 370 g/mol. The van der Waals surface area contributed by atoms with Gasteiger partial charge < -0.3 is 9.64 Å². The highest BCUT2D eigenvalue weighted by Crippen LogP contribution is 2.14. The zero-order valence-electron chi connectivity index (χ0n) is 15.4. The summed E-state index contributed by atoms with van der Waals surface area (Å²) >= 11 is 0. The Morgan fingerprint density at radius 3 is 2.44 bits per heavy atom. The van der Waals surface area contributed by atoms with Gasteiger partial charge in [0.2, 0.25) is 10.0 Å². The molecule has 27 heavy (non-hydrogen) atoms. The zero-order valence-corrected chi connectivity index (χ0v) is 16.2. The standard InChI is InChI=1S/C17H23N5O4S/c1-3-15(16(23)20-9-11-21(12-10-20)27(2,24)25)26-17-18-13-22(19-17)14-7-5-4-6-8-14/h4-8,13,15H,3,9-12H2,1-2H3. The summed E-state index contributed by atoms with van der Waals surface area (Å²) in [5.74, 6) is -0.179. The molecule has 0 bridgehead atoms. The van der Waals surface area contributed by atoms with Gasteiger partial charge in [0.1, 0.15) is 6.33 Å². The van der Waals surface area contributed by atoms with Gasteiger partial charge >= 0.3 is 6.01 Å². The minimum atomic E-state index is -3.23. The number of ether oxygens (including phenoxy) is 1. The Balaban J connectivity index is 1.62. The first-order valence-corrected chi connectivity index (χ1v) is 10.6. The van der Waals surface area contributed by atoms with Crippen LogP contribution < -0.4 is 4.74 Å². The van der Waals surface area contributed by atoms with E-state index in [1.54, 1.807) is 9.58 Å². The molecule has 1 atom stereocenters. The summed E-state index contributed by atoms with van der Waals surface area (Å²) in [5.41, 5.74) is 0.844. The number of benzene rings is 1. The molecule has 1 fully saturated rings. The van der Waals surface area contributed by atoms with E-state index >= 15 is 0 Å². The van der Waals surface area contributed by atoms with Crippen molar-refractivity contribution in [1.82, 2.24) is 24.0 Å². The molecule has 1 aliphatic heterocycles. The normalized spacial score (nSPS) is 16.9. The molecule has 9 nitrogen and oxygen atoms in total. The summed E-state index contributed by atoms with van der Waals surface area (Å²) in [4.78, 5) is 18.5. The molecule has 0 spiro atoms. The molecule has 1 saturated heterocycles. The average molecular weight is 393 g/mol. The van der Waals surface area contributed by atoms with Crippen molar-refractivity contribution in [3.05, 3.63) is 36.7 Å². The minimum absolute atomic E-state index is 0.133. The number of amides is 1. The second-order valence-corrected chi connectivity index (χ2v) is 8.29. The number of hydrogen-bond donors (Lipinski definition) is 0. The van der Waals surface area contributed by atoms with Gasteiger partial charge in [-0.05, 0) is 18.6 Å². The summed E-state index contributed by atoms with van der Waals surface area (Å²) in [7, 11) is -3.23. The molecule has 0 aliphatic carbocycles. The van der Waals surface area contributed by atoms with Crippen LogP contribution >= 0.6 is 0 Å². The van der Waals surface area contributed by atoms with E-state index in [2.05, 4.69) is 10.1 Å². The van der Waals surface area contributed by atoms with Gasteiger partial charge in [0.05, 0.1) is 11.9 Å². The first-order chi connectivity index (χ1) is 12.9. The second-order valence-electron chi connectivity index (χ2n) is 6.31. The maximum Gasteiger partial charge on any atom is 0.336 e. The summed E-state index contributed by atoms with van der Waals surface area (Å²) in [5, 5.41) is 4.27. The van der Waals surface area contributed by atoms with Crippen LogP contribution in [0, 0.1) is 0 Å². The average Bonchev–Trinajstić information content (AvgIpc) is 3.14. The predicted molar refractivity (Wildman–Crippen MR) is 99.1 cm³/mol. The molecule has 0 radical (unpaired) electrons. The molecule has 1 aliphatic rings. The minimum Gasteiger partial charge on any atom is -0.449 e. The first-order valence-electron chi connectivity index (χ1n) is 8.76. The molecule has 10 heteroatoms. The van der Waals surface area contributed by atoms with Crippen LogP contribution in [0.2, 0.25) is 0 Å². The number of nitrogens with zero attached hydrogens (tertiary/aromatic N) is 5. The highest BCUT2D eigenvalue weighted by molar-refractivity contribution is 7.88. The highest BCUT2D eigenvalue weighted by Gasteiger charge is 2.31. The molecule has 1 amide bonds. The Morgan fingerprint density at radius 1 is 1.19 bits per heavy atom. The number of rotatable bonds is 6. The van der Waals surface area contributed by atoms with Crippen LogP contribution in [-0.4, -0.2) is 76.8 Å². The van der Waals surface area contributed by atoms with Crippen molar-refractivity contribution in [1.29, 1.82) is 0 Å². The van der Waals surface area contributed by atoms with Gasteiger partial charge in [-0.2, -0.15) is 9.29 Å². The molecule has 0 N–H and O–H groups in total. The Labute approximate surface area is 158 Å². The van der Waals surface area contributed by atoms with Crippen LogP contribution in [0.1, 0.15) is 13.3 Å². The maximum absolute atomic E-state index is 12.7. The van der Waals surface area contributed by atoms with E-state index in [-0.39, 0.29) is 11.9 Å².